The Morgan fingerprint density at radius 2 is 0.513 bits per heavy atom. The largest absolute Gasteiger partial charge is 0.462 e. The molecule has 0 fully saturated rings. The van der Waals surface area contributed by atoms with Gasteiger partial charge in [0.1, 0.15) is 13.2 Å². The molecular weight excluding hydrogens is 961 g/mol. The Hall–Kier alpha value is -5.49. The van der Waals surface area contributed by atoms with Gasteiger partial charge in [0.15, 0.2) is 6.10 Å². The van der Waals surface area contributed by atoms with E-state index < -0.39 is 6.10 Å². The van der Waals surface area contributed by atoms with E-state index in [1.165, 1.54) is 32.1 Å². The summed E-state index contributed by atoms with van der Waals surface area (Å²) in [5.74, 6) is -1.02. The number of ether oxygens (including phenoxy) is 3. The Balaban J connectivity index is 4.40. The lowest BCUT2D eigenvalue weighted by Crippen LogP contribution is -2.30. The van der Waals surface area contributed by atoms with Crippen molar-refractivity contribution in [3.8, 4) is 0 Å². The third-order valence-electron chi connectivity index (χ3n) is 12.2. The van der Waals surface area contributed by atoms with Gasteiger partial charge in [-0.05, 0) is 135 Å². The van der Waals surface area contributed by atoms with E-state index in [2.05, 4.69) is 203 Å². The van der Waals surface area contributed by atoms with Crippen molar-refractivity contribution in [3.05, 3.63) is 182 Å². The van der Waals surface area contributed by atoms with Gasteiger partial charge in [-0.3, -0.25) is 14.4 Å². The fourth-order valence-electron chi connectivity index (χ4n) is 7.62. The van der Waals surface area contributed by atoms with Gasteiger partial charge < -0.3 is 14.2 Å². The Morgan fingerprint density at radius 1 is 0.269 bits per heavy atom. The van der Waals surface area contributed by atoms with Crippen LogP contribution in [0.5, 0.6) is 0 Å². The van der Waals surface area contributed by atoms with Crippen LogP contribution in [0.15, 0.2) is 182 Å². The molecule has 0 radical (unpaired) electrons. The van der Waals surface area contributed by atoms with Gasteiger partial charge in [0.25, 0.3) is 0 Å². The zero-order chi connectivity index (χ0) is 56.4. The van der Waals surface area contributed by atoms with Crippen LogP contribution in [-0.2, 0) is 28.6 Å². The molecule has 1 atom stereocenters. The van der Waals surface area contributed by atoms with Crippen molar-refractivity contribution in [2.75, 3.05) is 13.2 Å². The summed E-state index contributed by atoms with van der Waals surface area (Å²) in [5.41, 5.74) is 0. The maximum atomic E-state index is 12.8. The molecule has 0 aromatic heterocycles. The minimum Gasteiger partial charge on any atom is -0.462 e. The summed E-state index contributed by atoms with van der Waals surface area (Å²) in [5, 5.41) is 0. The van der Waals surface area contributed by atoms with Crippen molar-refractivity contribution in [1.82, 2.24) is 0 Å². The number of esters is 3. The van der Waals surface area contributed by atoms with Gasteiger partial charge in [0, 0.05) is 19.3 Å². The summed E-state index contributed by atoms with van der Waals surface area (Å²) in [6.45, 7) is 6.29. The number of carbonyl (C=O) groups is 3. The highest BCUT2D eigenvalue weighted by Gasteiger charge is 2.19. The molecule has 0 rings (SSSR count). The molecule has 0 saturated heterocycles. The van der Waals surface area contributed by atoms with Gasteiger partial charge in [-0.15, -0.1) is 0 Å². The van der Waals surface area contributed by atoms with Crippen LogP contribution in [0.3, 0.4) is 0 Å². The molecule has 0 N–H and O–H groups in total. The third-order valence-corrected chi connectivity index (χ3v) is 12.2. The second kappa shape index (κ2) is 64.0. The molecule has 1 unspecified atom stereocenters. The lowest BCUT2D eigenvalue weighted by Gasteiger charge is -2.18. The first-order valence-electron chi connectivity index (χ1n) is 30.8. The molecule has 0 saturated carbocycles. The van der Waals surface area contributed by atoms with Crippen LogP contribution in [0, 0.1) is 0 Å². The van der Waals surface area contributed by atoms with Crippen molar-refractivity contribution in [2.24, 2.45) is 0 Å². The van der Waals surface area contributed by atoms with Gasteiger partial charge in [0.05, 0.1) is 0 Å². The Kier molecular flexibility index (Phi) is 59.5. The minimum atomic E-state index is -0.828. The molecule has 0 heterocycles. The van der Waals surface area contributed by atoms with E-state index in [1.807, 2.05) is 0 Å². The highest BCUT2D eigenvalue weighted by molar-refractivity contribution is 5.71. The van der Waals surface area contributed by atoms with Crippen molar-refractivity contribution in [3.63, 3.8) is 0 Å². The molecule has 434 valence electrons. The number of rotatable bonds is 53. The van der Waals surface area contributed by atoms with Gasteiger partial charge in [-0.1, -0.05) is 261 Å². The number of allylic oxidation sites excluding steroid dienone is 30. The lowest BCUT2D eigenvalue weighted by atomic mass is 10.1. The van der Waals surface area contributed by atoms with Crippen LogP contribution in [0.25, 0.3) is 0 Å². The monoisotopic (exact) mass is 1070 g/mol. The predicted octanol–water partition coefficient (Wildman–Crippen LogP) is 21.3. The number of unbranched alkanes of at least 4 members (excludes halogenated alkanes) is 12. The number of hydrogen-bond acceptors (Lipinski definition) is 6. The normalized spacial score (nSPS) is 13.4. The summed E-state index contributed by atoms with van der Waals surface area (Å²) < 4.78 is 16.7. The second-order valence-electron chi connectivity index (χ2n) is 19.5. The third kappa shape index (κ3) is 61.4. The van der Waals surface area contributed by atoms with Crippen molar-refractivity contribution in [1.29, 1.82) is 0 Å². The molecule has 0 aliphatic rings. The average Bonchev–Trinajstić information content (AvgIpc) is 3.44. The molecule has 78 heavy (non-hydrogen) atoms. The topological polar surface area (TPSA) is 78.9 Å². The number of hydrogen-bond donors (Lipinski definition) is 0. The summed E-state index contributed by atoms with van der Waals surface area (Å²) >= 11 is 0. The molecule has 0 bridgehead atoms. The quantitative estimate of drug-likeness (QED) is 0.0261. The average molecular weight is 1070 g/mol. The fourth-order valence-corrected chi connectivity index (χ4v) is 7.62. The summed E-state index contributed by atoms with van der Waals surface area (Å²) in [6.07, 6.45) is 96.2. The van der Waals surface area contributed by atoms with E-state index in [0.29, 0.717) is 19.3 Å². The summed E-state index contributed by atoms with van der Waals surface area (Å²) in [6, 6.07) is 0. The first-order valence-corrected chi connectivity index (χ1v) is 30.8. The lowest BCUT2D eigenvalue weighted by molar-refractivity contribution is -0.167. The van der Waals surface area contributed by atoms with Gasteiger partial charge in [0.2, 0.25) is 0 Å². The maximum absolute atomic E-state index is 12.8. The highest BCUT2D eigenvalue weighted by atomic mass is 16.6. The van der Waals surface area contributed by atoms with Crippen LogP contribution >= 0.6 is 0 Å². The van der Waals surface area contributed by atoms with Crippen molar-refractivity contribution < 1.29 is 28.6 Å². The first-order chi connectivity index (χ1) is 38.5. The zero-order valence-electron chi connectivity index (χ0n) is 49.6. The Morgan fingerprint density at radius 3 is 0.821 bits per heavy atom. The zero-order valence-corrected chi connectivity index (χ0v) is 49.6. The predicted molar refractivity (Wildman–Crippen MR) is 338 cm³/mol. The number of carbonyl (C=O) groups excluding carboxylic acids is 3. The van der Waals surface area contributed by atoms with E-state index in [4.69, 9.17) is 14.2 Å². The standard InChI is InChI=1S/C72H110O6/c1-4-7-10-13-16-19-21-23-25-27-29-31-33-34-35-36-37-38-40-41-43-45-47-49-51-53-56-59-62-65-71(74)77-68-69(67-76-70(73)64-61-58-55-18-15-12-9-6-3)78-72(75)66-63-60-57-54-52-50-48-46-44-42-39-32-30-28-26-24-22-20-17-14-11-8-5-2/h7-8,10-11,16-17,19-20,23-26,29-32,34-35,37-38,41-44,47-50,54,57,69H,4-6,9,12-15,18,21-22,27-28,33,36,39-40,45-46,51-53,55-56,58-68H2,1-3H3/b10-7-,11-8-,19-16-,20-17-,25-23-,26-24-,31-29-,32-30-,35-34-,38-37-,43-41-,44-42-,49-47-,50-48-,57-54-. The molecule has 0 amide bonds. The molecule has 0 spiro atoms. The summed E-state index contributed by atoms with van der Waals surface area (Å²) in [4.78, 5) is 38.1. The van der Waals surface area contributed by atoms with E-state index in [1.54, 1.807) is 0 Å². The van der Waals surface area contributed by atoms with E-state index >= 15 is 0 Å². The van der Waals surface area contributed by atoms with Crippen molar-refractivity contribution in [2.45, 2.75) is 239 Å². The van der Waals surface area contributed by atoms with E-state index in [0.717, 1.165) is 154 Å². The first kappa shape index (κ1) is 72.5. The van der Waals surface area contributed by atoms with Crippen LogP contribution < -0.4 is 0 Å². The fraction of sp³-hybridized carbons (Fsp3) is 0.542. The Bertz CT molecular complexity index is 1850. The van der Waals surface area contributed by atoms with Crippen LogP contribution in [-0.4, -0.2) is 37.2 Å². The molecular formula is C72H110O6. The highest BCUT2D eigenvalue weighted by Crippen LogP contribution is 2.12. The van der Waals surface area contributed by atoms with Crippen molar-refractivity contribution >= 4 is 17.9 Å². The molecule has 6 nitrogen and oxygen atoms in total. The molecule has 0 aromatic rings. The van der Waals surface area contributed by atoms with Crippen LogP contribution in [0.4, 0.5) is 0 Å². The van der Waals surface area contributed by atoms with Gasteiger partial charge >= 0.3 is 17.9 Å². The molecule has 6 heteroatoms. The van der Waals surface area contributed by atoms with E-state index in [9.17, 15) is 14.4 Å². The molecule has 0 aromatic carbocycles. The summed E-state index contributed by atoms with van der Waals surface area (Å²) in [7, 11) is 0. The van der Waals surface area contributed by atoms with Crippen LogP contribution in [0.2, 0.25) is 0 Å². The van der Waals surface area contributed by atoms with Gasteiger partial charge in [-0.2, -0.15) is 0 Å². The van der Waals surface area contributed by atoms with Gasteiger partial charge in [-0.25, -0.2) is 0 Å². The molecule has 0 aliphatic heterocycles. The minimum absolute atomic E-state index is 0.118. The van der Waals surface area contributed by atoms with Crippen LogP contribution in [0.1, 0.15) is 233 Å². The molecule has 0 aliphatic carbocycles. The van der Waals surface area contributed by atoms with E-state index in [-0.39, 0.29) is 37.5 Å². The Labute approximate surface area is 478 Å². The second-order valence-corrected chi connectivity index (χ2v) is 19.5. The SMILES string of the molecule is CC/C=C\C/C=C\C/C=C\C/C=C\C/C=C\C/C=C\C/C=C\C/C=C\CCCCCCC(=O)OCC(COC(=O)CCCCCCCCCC)OC(=O)CCC/C=C\C/C=C\C/C=C\C/C=C\C/C=C\C/C=C\C/C=C\CC. The maximum Gasteiger partial charge on any atom is 0.306 e. The smallest absolute Gasteiger partial charge is 0.306 e.